The Hall–Kier alpha value is -3.41. The highest BCUT2D eigenvalue weighted by Gasteiger charge is 2.34. The summed E-state index contributed by atoms with van der Waals surface area (Å²) in [6.45, 7) is 2.43. The van der Waals surface area contributed by atoms with Crippen molar-refractivity contribution in [3.05, 3.63) is 82.9 Å². The van der Waals surface area contributed by atoms with Crippen LogP contribution in [0.1, 0.15) is 38.9 Å². The molecule has 148 valence electrons. The average Bonchev–Trinajstić information content (AvgIpc) is 2.77. The third kappa shape index (κ3) is 3.53. The van der Waals surface area contributed by atoms with Gasteiger partial charge in [-0.1, -0.05) is 30.3 Å². The minimum absolute atomic E-state index is 0.133. The lowest BCUT2D eigenvalue weighted by molar-refractivity contribution is 0.0687. The lowest BCUT2D eigenvalue weighted by Gasteiger charge is -2.38. The summed E-state index contributed by atoms with van der Waals surface area (Å²) < 4.78 is 11.0. The molecule has 1 unspecified atom stereocenters. The molecule has 6 heteroatoms. The van der Waals surface area contributed by atoms with Crippen molar-refractivity contribution < 1.29 is 14.3 Å². The highest BCUT2D eigenvalue weighted by atomic mass is 16.5. The van der Waals surface area contributed by atoms with E-state index < -0.39 is 0 Å². The molecule has 4 rings (SSSR count). The van der Waals surface area contributed by atoms with Crippen LogP contribution < -0.4 is 9.47 Å². The van der Waals surface area contributed by atoms with E-state index in [0.717, 1.165) is 28.8 Å². The highest BCUT2D eigenvalue weighted by molar-refractivity contribution is 5.92. The quantitative estimate of drug-likeness (QED) is 0.682. The van der Waals surface area contributed by atoms with Gasteiger partial charge >= 0.3 is 0 Å². The summed E-state index contributed by atoms with van der Waals surface area (Å²) in [5, 5.41) is 0. The molecule has 29 heavy (non-hydrogen) atoms. The van der Waals surface area contributed by atoms with Crippen molar-refractivity contribution in [1.82, 2.24) is 14.9 Å². The number of rotatable bonds is 4. The number of hydrogen-bond donors (Lipinski definition) is 0. The molecule has 0 radical (unpaired) electrons. The predicted molar refractivity (Wildman–Crippen MR) is 109 cm³/mol. The fourth-order valence-corrected chi connectivity index (χ4v) is 3.81. The predicted octanol–water partition coefficient (Wildman–Crippen LogP) is 3.59. The van der Waals surface area contributed by atoms with E-state index in [-0.39, 0.29) is 11.9 Å². The first-order valence-corrected chi connectivity index (χ1v) is 9.51. The van der Waals surface area contributed by atoms with Gasteiger partial charge < -0.3 is 14.4 Å². The first-order valence-electron chi connectivity index (χ1n) is 9.51. The first kappa shape index (κ1) is 18.9. The molecule has 0 spiro atoms. The first-order chi connectivity index (χ1) is 14.1. The van der Waals surface area contributed by atoms with Gasteiger partial charge in [0, 0.05) is 12.7 Å². The Morgan fingerprint density at radius 1 is 1.03 bits per heavy atom. The molecule has 1 atom stereocenters. The van der Waals surface area contributed by atoms with Crippen LogP contribution in [0.25, 0.3) is 0 Å². The van der Waals surface area contributed by atoms with E-state index in [1.54, 1.807) is 26.6 Å². The smallest absolute Gasteiger partial charge is 0.274 e. The van der Waals surface area contributed by atoms with Crippen LogP contribution >= 0.6 is 0 Å². The number of carbonyl (C=O) groups is 1. The van der Waals surface area contributed by atoms with Crippen LogP contribution in [0.15, 0.2) is 54.9 Å². The van der Waals surface area contributed by atoms with E-state index in [1.807, 2.05) is 54.3 Å². The Balaban J connectivity index is 1.83. The van der Waals surface area contributed by atoms with Crippen LogP contribution in [0.4, 0.5) is 0 Å². The molecule has 1 aromatic heterocycles. The van der Waals surface area contributed by atoms with Crippen molar-refractivity contribution in [2.24, 2.45) is 0 Å². The van der Waals surface area contributed by atoms with Crippen LogP contribution in [0.2, 0.25) is 0 Å². The number of carbonyl (C=O) groups excluding carboxylic acids is 1. The maximum atomic E-state index is 13.3. The average molecular weight is 389 g/mol. The summed E-state index contributed by atoms with van der Waals surface area (Å²) in [6, 6.07) is 13.8. The summed E-state index contributed by atoms with van der Waals surface area (Å²) in [6.07, 6.45) is 3.89. The Kier molecular flexibility index (Phi) is 5.16. The topological polar surface area (TPSA) is 64.6 Å². The number of ether oxygens (including phenoxy) is 2. The Morgan fingerprint density at radius 3 is 2.41 bits per heavy atom. The minimum atomic E-state index is -0.240. The fraction of sp³-hybridized carbons (Fsp3) is 0.261. The Morgan fingerprint density at radius 2 is 1.76 bits per heavy atom. The van der Waals surface area contributed by atoms with Crippen LogP contribution in [0.5, 0.6) is 11.5 Å². The number of amides is 1. The van der Waals surface area contributed by atoms with Crippen molar-refractivity contribution >= 4 is 5.91 Å². The van der Waals surface area contributed by atoms with Crippen molar-refractivity contribution in [3.8, 4) is 11.5 Å². The number of fused-ring (bicyclic) bond motifs is 1. The minimum Gasteiger partial charge on any atom is -0.493 e. The molecule has 6 nitrogen and oxygen atoms in total. The summed E-state index contributed by atoms with van der Waals surface area (Å²) >= 11 is 0. The molecule has 1 aliphatic rings. The molecule has 1 aliphatic heterocycles. The standard InChI is InChI=1S/C23H23N3O3/c1-15-13-25-19(14-24-15)23(27)26-10-9-17-11-20(28-2)21(29-3)12-18(17)22(26)16-7-5-4-6-8-16/h4-8,11-14,22H,9-10H2,1-3H3. The number of methoxy groups -OCH3 is 2. The molecule has 0 aliphatic carbocycles. The van der Waals surface area contributed by atoms with Crippen LogP contribution in [-0.4, -0.2) is 41.5 Å². The second kappa shape index (κ2) is 7.91. The molecular formula is C23H23N3O3. The normalized spacial score (nSPS) is 15.6. The second-order valence-electron chi connectivity index (χ2n) is 7.01. The van der Waals surface area contributed by atoms with E-state index in [9.17, 15) is 4.79 Å². The monoisotopic (exact) mass is 389 g/mol. The summed E-state index contributed by atoms with van der Waals surface area (Å²) in [5.74, 6) is 1.21. The molecule has 1 amide bonds. The number of benzene rings is 2. The highest BCUT2D eigenvalue weighted by Crippen LogP contribution is 2.41. The SMILES string of the molecule is COc1cc2c(cc1OC)C(c1ccccc1)N(C(=O)c1cnc(C)cn1)CC2. The van der Waals surface area contributed by atoms with Crippen molar-refractivity contribution in [2.75, 3.05) is 20.8 Å². The van der Waals surface area contributed by atoms with Gasteiger partial charge in [-0.25, -0.2) is 4.98 Å². The van der Waals surface area contributed by atoms with Gasteiger partial charge in [0.25, 0.3) is 5.91 Å². The van der Waals surface area contributed by atoms with E-state index in [1.165, 1.54) is 0 Å². The lowest BCUT2D eigenvalue weighted by atomic mass is 9.87. The summed E-state index contributed by atoms with van der Waals surface area (Å²) in [4.78, 5) is 23.8. The van der Waals surface area contributed by atoms with Crippen molar-refractivity contribution in [3.63, 3.8) is 0 Å². The van der Waals surface area contributed by atoms with Gasteiger partial charge in [-0.2, -0.15) is 0 Å². The lowest BCUT2D eigenvalue weighted by Crippen LogP contribution is -2.41. The third-order valence-corrected chi connectivity index (χ3v) is 5.25. The van der Waals surface area contributed by atoms with E-state index in [4.69, 9.17) is 9.47 Å². The van der Waals surface area contributed by atoms with Crippen LogP contribution in [-0.2, 0) is 6.42 Å². The largest absolute Gasteiger partial charge is 0.493 e. The van der Waals surface area contributed by atoms with Crippen LogP contribution in [0, 0.1) is 6.92 Å². The van der Waals surface area contributed by atoms with Gasteiger partial charge in [0.1, 0.15) is 5.69 Å². The summed E-state index contributed by atoms with van der Waals surface area (Å²) in [7, 11) is 3.25. The molecule has 0 fully saturated rings. The van der Waals surface area contributed by atoms with Crippen molar-refractivity contribution in [2.45, 2.75) is 19.4 Å². The molecule has 3 aromatic rings. The Bertz CT molecular complexity index is 1020. The fourth-order valence-electron chi connectivity index (χ4n) is 3.81. The molecule has 2 aromatic carbocycles. The third-order valence-electron chi connectivity index (χ3n) is 5.25. The zero-order valence-corrected chi connectivity index (χ0v) is 16.8. The zero-order valence-electron chi connectivity index (χ0n) is 16.8. The van der Waals surface area contributed by atoms with Gasteiger partial charge in [-0.15, -0.1) is 0 Å². The molecular weight excluding hydrogens is 366 g/mol. The van der Waals surface area contributed by atoms with E-state index >= 15 is 0 Å². The molecule has 2 heterocycles. The second-order valence-corrected chi connectivity index (χ2v) is 7.01. The number of aromatic nitrogens is 2. The number of aryl methyl sites for hydroxylation is 1. The number of nitrogens with zero attached hydrogens (tertiary/aromatic N) is 3. The van der Waals surface area contributed by atoms with Gasteiger partial charge in [-0.3, -0.25) is 9.78 Å². The van der Waals surface area contributed by atoms with E-state index in [0.29, 0.717) is 23.7 Å². The van der Waals surface area contributed by atoms with E-state index in [2.05, 4.69) is 9.97 Å². The maximum Gasteiger partial charge on any atom is 0.274 e. The van der Waals surface area contributed by atoms with Gasteiger partial charge in [0.2, 0.25) is 0 Å². The summed E-state index contributed by atoms with van der Waals surface area (Å²) in [5.41, 5.74) is 4.35. The van der Waals surface area contributed by atoms with Gasteiger partial charge in [-0.05, 0) is 42.2 Å². The maximum absolute atomic E-state index is 13.3. The molecule has 0 saturated heterocycles. The molecule has 0 bridgehead atoms. The zero-order chi connectivity index (χ0) is 20.4. The molecule has 0 saturated carbocycles. The van der Waals surface area contributed by atoms with Crippen LogP contribution in [0.3, 0.4) is 0 Å². The van der Waals surface area contributed by atoms with Crippen molar-refractivity contribution in [1.29, 1.82) is 0 Å². The van der Waals surface area contributed by atoms with Gasteiger partial charge in [0.05, 0.1) is 32.2 Å². The molecule has 0 N–H and O–H groups in total. The number of hydrogen-bond acceptors (Lipinski definition) is 5. The Labute approximate surface area is 170 Å². The van der Waals surface area contributed by atoms with Gasteiger partial charge in [0.15, 0.2) is 11.5 Å².